The summed E-state index contributed by atoms with van der Waals surface area (Å²) in [5, 5.41) is 10.3. The van der Waals surface area contributed by atoms with E-state index in [0.717, 1.165) is 17.0 Å². The average Bonchev–Trinajstić information content (AvgIpc) is 3.11. The molecule has 0 saturated carbocycles. The molecule has 126 valence electrons. The largest absolute Gasteiger partial charge is 0.441 e. The zero-order valence-corrected chi connectivity index (χ0v) is 13.5. The molecule has 6 heteroatoms. The average molecular weight is 335 g/mol. The van der Waals surface area contributed by atoms with Crippen molar-refractivity contribution in [3.05, 3.63) is 71.9 Å². The molecule has 6 nitrogen and oxygen atoms in total. The molecule has 2 aromatic heterocycles. The van der Waals surface area contributed by atoms with Crippen molar-refractivity contribution < 1.29 is 14.3 Å². The van der Waals surface area contributed by atoms with Crippen molar-refractivity contribution in [1.29, 1.82) is 0 Å². The Hall–Kier alpha value is -2.99. The fourth-order valence-corrected chi connectivity index (χ4v) is 2.95. The molecular weight excluding hydrogens is 318 g/mol. The smallest absolute Gasteiger partial charge is 0.256 e. The molecule has 1 amide bonds. The minimum absolute atomic E-state index is 0.317. The second-order valence-corrected chi connectivity index (χ2v) is 5.95. The van der Waals surface area contributed by atoms with Crippen LogP contribution >= 0.6 is 0 Å². The van der Waals surface area contributed by atoms with Crippen LogP contribution in [-0.4, -0.2) is 32.4 Å². The number of aliphatic hydroxyl groups is 1. The number of aliphatic hydroxyl groups excluding tert-OH is 1. The van der Waals surface area contributed by atoms with E-state index >= 15 is 0 Å². The van der Waals surface area contributed by atoms with Crippen LogP contribution in [-0.2, 0) is 17.8 Å². The van der Waals surface area contributed by atoms with E-state index in [1.54, 1.807) is 41.6 Å². The zero-order chi connectivity index (χ0) is 17.2. The maximum Gasteiger partial charge on any atom is 0.256 e. The molecule has 1 N–H and O–H groups in total. The lowest BCUT2D eigenvalue weighted by molar-refractivity contribution is -0.141. The van der Waals surface area contributed by atoms with Gasteiger partial charge in [-0.1, -0.05) is 30.3 Å². The normalized spacial score (nSPS) is 14.8. The number of nitrogens with zero attached hydrogens (tertiary/aromatic N) is 3. The monoisotopic (exact) mass is 335 g/mol. The minimum Gasteiger partial charge on any atom is -0.441 e. The van der Waals surface area contributed by atoms with E-state index in [2.05, 4.69) is 9.97 Å². The summed E-state index contributed by atoms with van der Waals surface area (Å²) in [5.41, 5.74) is 2.13. The number of hydrogen-bond acceptors (Lipinski definition) is 5. The molecule has 3 aromatic rings. The van der Waals surface area contributed by atoms with Gasteiger partial charge in [-0.3, -0.25) is 9.78 Å². The van der Waals surface area contributed by atoms with Crippen molar-refractivity contribution in [1.82, 2.24) is 14.9 Å². The summed E-state index contributed by atoms with van der Waals surface area (Å²) in [4.78, 5) is 22.8. The van der Waals surface area contributed by atoms with Gasteiger partial charge in [-0.15, -0.1) is 0 Å². The van der Waals surface area contributed by atoms with Crippen LogP contribution in [0.15, 0.2) is 59.3 Å². The van der Waals surface area contributed by atoms with Gasteiger partial charge < -0.3 is 14.4 Å². The van der Waals surface area contributed by atoms with Crippen LogP contribution in [0.1, 0.15) is 23.1 Å². The Balaban J connectivity index is 1.53. The summed E-state index contributed by atoms with van der Waals surface area (Å²) >= 11 is 0. The Bertz CT molecular complexity index is 877. The van der Waals surface area contributed by atoms with E-state index in [1.165, 1.54) is 0 Å². The number of rotatable bonds is 3. The van der Waals surface area contributed by atoms with E-state index in [4.69, 9.17) is 4.42 Å². The van der Waals surface area contributed by atoms with Crippen LogP contribution in [0.2, 0.25) is 0 Å². The lowest BCUT2D eigenvalue weighted by Gasteiger charge is -2.27. The molecule has 0 bridgehead atoms. The van der Waals surface area contributed by atoms with Gasteiger partial charge in [0.05, 0.1) is 12.1 Å². The van der Waals surface area contributed by atoms with Crippen molar-refractivity contribution in [3.63, 3.8) is 0 Å². The third kappa shape index (κ3) is 3.04. The van der Waals surface area contributed by atoms with Gasteiger partial charge in [0.15, 0.2) is 6.10 Å². The lowest BCUT2D eigenvalue weighted by Crippen LogP contribution is -2.38. The number of benzene rings is 1. The highest BCUT2D eigenvalue weighted by atomic mass is 16.4. The fourth-order valence-electron chi connectivity index (χ4n) is 2.95. The molecule has 25 heavy (non-hydrogen) atoms. The molecule has 0 aliphatic carbocycles. The fraction of sp³-hybridized carbons (Fsp3) is 0.211. The summed E-state index contributed by atoms with van der Waals surface area (Å²) in [6, 6.07) is 12.7. The van der Waals surface area contributed by atoms with Gasteiger partial charge in [0.1, 0.15) is 11.5 Å². The third-order valence-electron chi connectivity index (χ3n) is 4.30. The number of hydrogen-bond donors (Lipinski definition) is 1. The van der Waals surface area contributed by atoms with Crippen LogP contribution in [0.3, 0.4) is 0 Å². The summed E-state index contributed by atoms with van der Waals surface area (Å²) in [7, 11) is 0. The molecule has 4 rings (SSSR count). The van der Waals surface area contributed by atoms with Crippen molar-refractivity contribution in [2.45, 2.75) is 19.1 Å². The van der Waals surface area contributed by atoms with E-state index in [0.29, 0.717) is 31.0 Å². The first-order valence-corrected chi connectivity index (χ1v) is 8.13. The number of oxazole rings is 1. The molecule has 0 radical (unpaired) electrons. The van der Waals surface area contributed by atoms with Crippen molar-refractivity contribution in [2.24, 2.45) is 0 Å². The van der Waals surface area contributed by atoms with Crippen LogP contribution in [0, 0.1) is 0 Å². The third-order valence-corrected chi connectivity index (χ3v) is 4.30. The van der Waals surface area contributed by atoms with Crippen LogP contribution < -0.4 is 0 Å². The SMILES string of the molecule is O=C([C@H](O)c1ccccc1)N1CCc2oc(-c3cccnc3)nc2C1. The summed E-state index contributed by atoms with van der Waals surface area (Å²) in [6.07, 6.45) is 2.81. The van der Waals surface area contributed by atoms with E-state index in [1.807, 2.05) is 18.2 Å². The first kappa shape index (κ1) is 15.5. The Labute approximate surface area is 144 Å². The number of fused-ring (bicyclic) bond motifs is 1. The summed E-state index contributed by atoms with van der Waals surface area (Å²) < 4.78 is 5.81. The standard InChI is InChI=1S/C19H17N3O3/c23-17(13-5-2-1-3-6-13)19(24)22-10-8-16-15(12-22)21-18(25-16)14-7-4-9-20-11-14/h1-7,9,11,17,23H,8,10,12H2/t17-/m1/s1. The number of pyridine rings is 1. The van der Waals surface area contributed by atoms with E-state index in [9.17, 15) is 9.90 Å². The van der Waals surface area contributed by atoms with Gasteiger partial charge in [-0.2, -0.15) is 0 Å². The highest BCUT2D eigenvalue weighted by Crippen LogP contribution is 2.27. The van der Waals surface area contributed by atoms with Crippen LogP contribution in [0.25, 0.3) is 11.5 Å². The number of carbonyl (C=O) groups is 1. The lowest BCUT2D eigenvalue weighted by atomic mass is 10.1. The number of carbonyl (C=O) groups excluding carboxylic acids is 1. The molecule has 1 aliphatic rings. The van der Waals surface area contributed by atoms with E-state index in [-0.39, 0.29) is 5.91 Å². The molecule has 1 aromatic carbocycles. The summed E-state index contributed by atoms with van der Waals surface area (Å²) in [5.74, 6) is 0.982. The van der Waals surface area contributed by atoms with Gasteiger partial charge in [0.2, 0.25) is 5.89 Å². The second kappa shape index (κ2) is 6.49. The second-order valence-electron chi connectivity index (χ2n) is 5.95. The van der Waals surface area contributed by atoms with Gasteiger partial charge in [0.25, 0.3) is 5.91 Å². The molecule has 0 unspecified atom stereocenters. The zero-order valence-electron chi connectivity index (χ0n) is 13.5. The Kier molecular flexibility index (Phi) is 4.03. The first-order chi connectivity index (χ1) is 12.2. The Morgan fingerprint density at radius 2 is 2.04 bits per heavy atom. The molecule has 0 spiro atoms. The van der Waals surface area contributed by atoms with Crippen LogP contribution in [0.4, 0.5) is 0 Å². The molecular formula is C19H17N3O3. The van der Waals surface area contributed by atoms with Crippen molar-refractivity contribution in [2.75, 3.05) is 6.54 Å². The molecule has 1 aliphatic heterocycles. The number of amides is 1. The quantitative estimate of drug-likeness (QED) is 0.795. The Morgan fingerprint density at radius 1 is 1.20 bits per heavy atom. The van der Waals surface area contributed by atoms with Crippen LogP contribution in [0.5, 0.6) is 0 Å². The predicted molar refractivity (Wildman–Crippen MR) is 90.3 cm³/mol. The minimum atomic E-state index is -1.16. The molecule has 1 atom stereocenters. The van der Waals surface area contributed by atoms with Crippen molar-refractivity contribution in [3.8, 4) is 11.5 Å². The number of aromatic nitrogens is 2. The highest BCUT2D eigenvalue weighted by molar-refractivity contribution is 5.82. The maximum atomic E-state index is 12.6. The van der Waals surface area contributed by atoms with Crippen molar-refractivity contribution >= 4 is 5.91 Å². The van der Waals surface area contributed by atoms with Gasteiger partial charge in [-0.05, 0) is 17.7 Å². The van der Waals surface area contributed by atoms with E-state index < -0.39 is 6.10 Å². The highest BCUT2D eigenvalue weighted by Gasteiger charge is 2.29. The molecule has 0 saturated heterocycles. The van der Waals surface area contributed by atoms with Gasteiger partial charge >= 0.3 is 0 Å². The Morgan fingerprint density at radius 3 is 2.80 bits per heavy atom. The van der Waals surface area contributed by atoms with Gasteiger partial charge in [0, 0.05) is 25.4 Å². The molecule has 0 fully saturated rings. The topological polar surface area (TPSA) is 79.5 Å². The first-order valence-electron chi connectivity index (χ1n) is 8.13. The maximum absolute atomic E-state index is 12.6. The summed E-state index contributed by atoms with van der Waals surface area (Å²) in [6.45, 7) is 0.833. The molecule has 3 heterocycles. The van der Waals surface area contributed by atoms with Gasteiger partial charge in [-0.25, -0.2) is 4.98 Å². The predicted octanol–water partition coefficient (Wildman–Crippen LogP) is 2.35.